The van der Waals surface area contributed by atoms with Gasteiger partial charge in [0.15, 0.2) is 0 Å². The summed E-state index contributed by atoms with van der Waals surface area (Å²) in [5, 5.41) is 10.7. The molecule has 0 aromatic heterocycles. The van der Waals surface area contributed by atoms with Crippen molar-refractivity contribution in [2.75, 3.05) is 31.5 Å². The van der Waals surface area contributed by atoms with E-state index in [1.54, 1.807) is 17.8 Å². The molecule has 0 spiro atoms. The first-order chi connectivity index (χ1) is 11.7. The quantitative estimate of drug-likeness (QED) is 0.768. The molecule has 1 atom stereocenters. The van der Waals surface area contributed by atoms with Crippen molar-refractivity contribution >= 4 is 35.0 Å². The lowest BCUT2D eigenvalue weighted by Gasteiger charge is -2.32. The number of piperazine rings is 1. The first kappa shape index (κ1) is 16.5. The van der Waals surface area contributed by atoms with Gasteiger partial charge in [-0.3, -0.25) is 9.69 Å². The number of thioether (sulfide) groups is 1. The topological polar surface area (TPSA) is 56.4 Å². The lowest BCUT2D eigenvalue weighted by atomic mass is 10.1. The fraction of sp³-hybridized carbons (Fsp3) is 0.588. The zero-order valence-electron chi connectivity index (χ0n) is 13.6. The molecule has 3 aliphatic rings. The standard InChI is InChI=1S/C17H23ClN4OS/c18-13-9-11(16(23)20-12-3-1-2-4-12)10-14-15(13)21-17(24-14)22-7-5-19-6-8-22/h9-10,12,17,19,21H,1-8H2,(H,20,23). The van der Waals surface area contributed by atoms with Gasteiger partial charge >= 0.3 is 0 Å². The van der Waals surface area contributed by atoms with Crippen LogP contribution in [0.4, 0.5) is 5.69 Å². The van der Waals surface area contributed by atoms with E-state index in [9.17, 15) is 4.79 Å². The summed E-state index contributed by atoms with van der Waals surface area (Å²) in [6.45, 7) is 4.06. The van der Waals surface area contributed by atoms with E-state index in [0.29, 0.717) is 16.6 Å². The Hall–Kier alpha value is -0.950. The molecular formula is C17H23ClN4OS. The maximum absolute atomic E-state index is 12.5. The summed E-state index contributed by atoms with van der Waals surface area (Å²) in [5.41, 5.74) is 1.83. The van der Waals surface area contributed by atoms with Crippen LogP contribution in [0.3, 0.4) is 0 Å². The minimum Gasteiger partial charge on any atom is -0.359 e. The number of benzene rings is 1. The van der Waals surface area contributed by atoms with Gasteiger partial charge in [0, 0.05) is 42.7 Å². The number of carbonyl (C=O) groups excluding carboxylic acids is 1. The number of hydrogen-bond acceptors (Lipinski definition) is 5. The zero-order valence-corrected chi connectivity index (χ0v) is 15.2. The smallest absolute Gasteiger partial charge is 0.251 e. The van der Waals surface area contributed by atoms with E-state index in [4.69, 9.17) is 11.6 Å². The van der Waals surface area contributed by atoms with E-state index in [1.165, 1.54) is 12.8 Å². The summed E-state index contributed by atoms with van der Waals surface area (Å²) in [6.07, 6.45) is 4.60. The van der Waals surface area contributed by atoms with Crippen LogP contribution in [0.1, 0.15) is 36.0 Å². The highest BCUT2D eigenvalue weighted by Crippen LogP contribution is 2.44. The number of fused-ring (bicyclic) bond motifs is 1. The van der Waals surface area contributed by atoms with E-state index in [2.05, 4.69) is 20.9 Å². The van der Waals surface area contributed by atoms with Gasteiger partial charge in [0.2, 0.25) is 0 Å². The van der Waals surface area contributed by atoms with Crippen LogP contribution in [0.15, 0.2) is 17.0 Å². The number of amides is 1. The molecule has 1 aromatic carbocycles. The maximum Gasteiger partial charge on any atom is 0.251 e. The summed E-state index contributed by atoms with van der Waals surface area (Å²) >= 11 is 8.21. The van der Waals surface area contributed by atoms with Gasteiger partial charge in [0.05, 0.1) is 10.7 Å². The second-order valence-electron chi connectivity index (χ2n) is 6.69. The van der Waals surface area contributed by atoms with Crippen LogP contribution < -0.4 is 16.0 Å². The molecule has 1 amide bonds. The van der Waals surface area contributed by atoms with Gasteiger partial charge in [-0.05, 0) is 25.0 Å². The lowest BCUT2D eigenvalue weighted by molar-refractivity contribution is 0.0937. The predicted molar refractivity (Wildman–Crippen MR) is 98.9 cm³/mol. The van der Waals surface area contributed by atoms with Crippen molar-refractivity contribution in [3.63, 3.8) is 0 Å². The molecule has 1 saturated heterocycles. The van der Waals surface area contributed by atoms with Gasteiger partial charge < -0.3 is 16.0 Å². The van der Waals surface area contributed by atoms with Gasteiger partial charge in [-0.15, -0.1) is 0 Å². The number of nitrogens with zero attached hydrogens (tertiary/aromatic N) is 1. The molecule has 2 aliphatic heterocycles. The Balaban J connectivity index is 1.48. The minimum absolute atomic E-state index is 0.00202. The van der Waals surface area contributed by atoms with Gasteiger partial charge in [-0.25, -0.2) is 0 Å². The fourth-order valence-electron chi connectivity index (χ4n) is 3.64. The van der Waals surface area contributed by atoms with Crippen molar-refractivity contribution in [2.45, 2.75) is 42.1 Å². The second-order valence-corrected chi connectivity index (χ2v) is 8.22. The molecule has 1 aromatic rings. The summed E-state index contributed by atoms with van der Waals surface area (Å²) in [6, 6.07) is 4.09. The molecule has 0 bridgehead atoms. The molecule has 2 fully saturated rings. The van der Waals surface area contributed by atoms with Crippen molar-refractivity contribution in [1.82, 2.24) is 15.5 Å². The number of anilines is 1. The molecule has 1 unspecified atom stereocenters. The van der Waals surface area contributed by atoms with Crippen molar-refractivity contribution in [3.8, 4) is 0 Å². The lowest BCUT2D eigenvalue weighted by Crippen LogP contribution is -2.48. The van der Waals surface area contributed by atoms with Crippen LogP contribution in [-0.2, 0) is 0 Å². The van der Waals surface area contributed by atoms with Crippen LogP contribution in [0.2, 0.25) is 5.02 Å². The Morgan fingerprint density at radius 2 is 2.00 bits per heavy atom. The molecule has 4 rings (SSSR count). The average molecular weight is 367 g/mol. The summed E-state index contributed by atoms with van der Waals surface area (Å²) in [4.78, 5) is 16.0. The summed E-state index contributed by atoms with van der Waals surface area (Å²) < 4.78 is 0. The fourth-order valence-corrected chi connectivity index (χ4v) is 5.23. The van der Waals surface area contributed by atoms with Crippen molar-refractivity contribution in [3.05, 3.63) is 22.7 Å². The molecule has 130 valence electrons. The summed E-state index contributed by atoms with van der Waals surface area (Å²) in [7, 11) is 0. The third kappa shape index (κ3) is 3.38. The SMILES string of the molecule is O=C(NC1CCCC1)c1cc(Cl)c2c(c1)SC(N1CCNCC1)N2. The Morgan fingerprint density at radius 3 is 2.75 bits per heavy atom. The molecule has 5 nitrogen and oxygen atoms in total. The molecule has 1 aliphatic carbocycles. The predicted octanol–water partition coefficient (Wildman–Crippen LogP) is 2.72. The van der Waals surface area contributed by atoms with E-state index < -0.39 is 0 Å². The average Bonchev–Trinajstić information content (AvgIpc) is 3.25. The second kappa shape index (κ2) is 7.12. The van der Waals surface area contributed by atoms with E-state index in [-0.39, 0.29) is 11.4 Å². The molecule has 1 saturated carbocycles. The van der Waals surface area contributed by atoms with Crippen LogP contribution in [0, 0.1) is 0 Å². The number of halogens is 1. The first-order valence-corrected chi connectivity index (χ1v) is 9.99. The maximum atomic E-state index is 12.5. The molecule has 0 radical (unpaired) electrons. The van der Waals surface area contributed by atoms with Crippen LogP contribution >= 0.6 is 23.4 Å². The Labute approximate surface area is 151 Å². The van der Waals surface area contributed by atoms with Crippen LogP contribution in [-0.4, -0.2) is 48.5 Å². The van der Waals surface area contributed by atoms with Gasteiger partial charge in [-0.1, -0.05) is 36.2 Å². The third-order valence-corrected chi connectivity index (χ3v) is 6.51. The normalized spacial score (nSPS) is 24.6. The highest BCUT2D eigenvalue weighted by molar-refractivity contribution is 8.00. The van der Waals surface area contributed by atoms with Gasteiger partial charge in [-0.2, -0.15) is 0 Å². The molecule has 2 heterocycles. The van der Waals surface area contributed by atoms with E-state index >= 15 is 0 Å². The third-order valence-electron chi connectivity index (χ3n) is 5.00. The van der Waals surface area contributed by atoms with Crippen LogP contribution in [0.5, 0.6) is 0 Å². The van der Waals surface area contributed by atoms with Crippen molar-refractivity contribution in [2.24, 2.45) is 0 Å². The first-order valence-electron chi connectivity index (χ1n) is 8.73. The Bertz CT molecular complexity index is 629. The van der Waals surface area contributed by atoms with Crippen LogP contribution in [0.25, 0.3) is 0 Å². The number of rotatable bonds is 3. The molecule has 3 N–H and O–H groups in total. The molecule has 7 heteroatoms. The van der Waals surface area contributed by atoms with Crippen molar-refractivity contribution < 1.29 is 4.79 Å². The van der Waals surface area contributed by atoms with Gasteiger partial charge in [0.25, 0.3) is 5.91 Å². The highest BCUT2D eigenvalue weighted by Gasteiger charge is 2.30. The number of hydrogen-bond donors (Lipinski definition) is 3. The van der Waals surface area contributed by atoms with Crippen molar-refractivity contribution in [1.29, 1.82) is 0 Å². The summed E-state index contributed by atoms with van der Waals surface area (Å²) in [5.74, 6) is -0.00202. The van der Waals surface area contributed by atoms with E-state index in [1.807, 2.05) is 6.07 Å². The number of nitrogens with one attached hydrogen (secondary N) is 3. The van der Waals surface area contributed by atoms with E-state index in [0.717, 1.165) is 49.6 Å². The number of carbonyl (C=O) groups is 1. The Kier molecular flexibility index (Phi) is 4.90. The Morgan fingerprint density at radius 1 is 1.25 bits per heavy atom. The highest BCUT2D eigenvalue weighted by atomic mass is 35.5. The molecular weight excluding hydrogens is 344 g/mol. The largest absolute Gasteiger partial charge is 0.359 e. The minimum atomic E-state index is -0.00202. The zero-order chi connectivity index (χ0) is 16.5. The monoisotopic (exact) mass is 366 g/mol. The molecule has 24 heavy (non-hydrogen) atoms. The van der Waals surface area contributed by atoms with Gasteiger partial charge in [0.1, 0.15) is 5.50 Å².